The molecule has 1 amide bonds. The van der Waals surface area contributed by atoms with Crippen LogP contribution in [0, 0.1) is 0 Å². The SMILES string of the molecule is Nc1cccc(NC(=O)CCN(CCO)CC(F)F)c1. The van der Waals surface area contributed by atoms with E-state index >= 15 is 0 Å². The lowest BCUT2D eigenvalue weighted by atomic mass is 10.2. The molecule has 1 aromatic rings. The topological polar surface area (TPSA) is 78.6 Å². The van der Waals surface area contributed by atoms with Gasteiger partial charge in [-0.25, -0.2) is 8.78 Å². The number of hydrogen-bond donors (Lipinski definition) is 3. The first-order valence-corrected chi connectivity index (χ1v) is 6.28. The molecule has 4 N–H and O–H groups in total. The molecule has 0 radical (unpaired) electrons. The van der Waals surface area contributed by atoms with Crippen molar-refractivity contribution in [1.29, 1.82) is 0 Å². The van der Waals surface area contributed by atoms with Gasteiger partial charge in [-0.3, -0.25) is 9.69 Å². The van der Waals surface area contributed by atoms with E-state index in [0.29, 0.717) is 11.4 Å². The molecule has 0 saturated carbocycles. The molecule has 0 fully saturated rings. The molecule has 0 aromatic heterocycles. The highest BCUT2D eigenvalue weighted by molar-refractivity contribution is 5.91. The van der Waals surface area contributed by atoms with Crippen LogP contribution < -0.4 is 11.1 Å². The second kappa shape index (κ2) is 8.44. The summed E-state index contributed by atoms with van der Waals surface area (Å²) in [6.45, 7) is -0.384. The van der Waals surface area contributed by atoms with Crippen LogP contribution in [-0.2, 0) is 4.79 Å². The molecule has 0 bridgehead atoms. The number of benzene rings is 1. The number of nitrogens with zero attached hydrogens (tertiary/aromatic N) is 1. The number of nitrogens with two attached hydrogens (primary N) is 1. The van der Waals surface area contributed by atoms with Crippen molar-refractivity contribution in [3.8, 4) is 0 Å². The molecule has 7 heteroatoms. The van der Waals surface area contributed by atoms with Crippen LogP contribution in [0.1, 0.15) is 6.42 Å². The average Bonchev–Trinajstić information content (AvgIpc) is 2.35. The van der Waals surface area contributed by atoms with E-state index in [0.717, 1.165) is 0 Å². The van der Waals surface area contributed by atoms with E-state index < -0.39 is 13.0 Å². The second-order valence-corrected chi connectivity index (χ2v) is 4.34. The zero-order valence-electron chi connectivity index (χ0n) is 11.1. The van der Waals surface area contributed by atoms with Crippen LogP contribution in [0.3, 0.4) is 0 Å². The fourth-order valence-electron chi connectivity index (χ4n) is 1.73. The maximum atomic E-state index is 12.3. The Bertz CT molecular complexity index is 430. The second-order valence-electron chi connectivity index (χ2n) is 4.34. The van der Waals surface area contributed by atoms with E-state index in [1.165, 1.54) is 4.90 Å². The molecular weight excluding hydrogens is 268 g/mol. The van der Waals surface area contributed by atoms with Gasteiger partial charge < -0.3 is 16.2 Å². The summed E-state index contributed by atoms with van der Waals surface area (Å²) in [5.74, 6) is -0.284. The maximum Gasteiger partial charge on any atom is 0.251 e. The predicted molar refractivity (Wildman–Crippen MR) is 73.6 cm³/mol. The molecular formula is C13H19F2N3O2. The lowest BCUT2D eigenvalue weighted by Gasteiger charge is -2.20. The average molecular weight is 287 g/mol. The Morgan fingerprint density at radius 2 is 2.15 bits per heavy atom. The summed E-state index contributed by atoms with van der Waals surface area (Å²) < 4.78 is 24.6. The Labute approximate surface area is 116 Å². The Kier molecular flexibility index (Phi) is 6.89. The van der Waals surface area contributed by atoms with Crippen molar-refractivity contribution in [2.24, 2.45) is 0 Å². The van der Waals surface area contributed by atoms with Crippen LogP contribution >= 0.6 is 0 Å². The first-order valence-electron chi connectivity index (χ1n) is 6.28. The molecule has 0 unspecified atom stereocenters. The molecule has 5 nitrogen and oxygen atoms in total. The predicted octanol–water partition coefficient (Wildman–Crippen LogP) is 1.16. The summed E-state index contributed by atoms with van der Waals surface area (Å²) in [5.41, 5.74) is 6.68. The summed E-state index contributed by atoms with van der Waals surface area (Å²) in [5, 5.41) is 11.4. The Morgan fingerprint density at radius 3 is 2.75 bits per heavy atom. The van der Waals surface area contributed by atoms with Crippen molar-refractivity contribution in [3.05, 3.63) is 24.3 Å². The molecule has 0 aliphatic rings. The minimum atomic E-state index is -2.49. The highest BCUT2D eigenvalue weighted by Gasteiger charge is 2.13. The van der Waals surface area contributed by atoms with Crippen LogP contribution in [-0.4, -0.2) is 48.6 Å². The Hall–Kier alpha value is -1.73. The third-order valence-electron chi connectivity index (χ3n) is 2.64. The monoisotopic (exact) mass is 287 g/mol. The van der Waals surface area contributed by atoms with Gasteiger partial charge in [-0.2, -0.15) is 0 Å². The summed E-state index contributed by atoms with van der Waals surface area (Å²) in [4.78, 5) is 13.0. The van der Waals surface area contributed by atoms with Gasteiger partial charge in [-0.05, 0) is 18.2 Å². The number of anilines is 2. The minimum absolute atomic E-state index is 0.0710. The van der Waals surface area contributed by atoms with Crippen molar-refractivity contribution >= 4 is 17.3 Å². The fraction of sp³-hybridized carbons (Fsp3) is 0.462. The lowest BCUT2D eigenvalue weighted by Crippen LogP contribution is -2.34. The molecule has 112 valence electrons. The number of alkyl halides is 2. The molecule has 20 heavy (non-hydrogen) atoms. The standard InChI is InChI=1S/C13H19F2N3O2/c14-12(15)9-18(6-7-19)5-4-13(20)17-11-3-1-2-10(16)8-11/h1-3,8,12,19H,4-7,9,16H2,(H,17,20). The fourth-order valence-corrected chi connectivity index (χ4v) is 1.73. The van der Waals surface area contributed by atoms with Crippen molar-refractivity contribution in [2.45, 2.75) is 12.8 Å². The number of nitrogens with one attached hydrogen (secondary N) is 1. The largest absolute Gasteiger partial charge is 0.399 e. The van der Waals surface area contributed by atoms with E-state index in [2.05, 4.69) is 5.32 Å². The zero-order valence-corrected chi connectivity index (χ0v) is 11.1. The molecule has 0 aliphatic carbocycles. The number of hydrogen-bond acceptors (Lipinski definition) is 4. The van der Waals surface area contributed by atoms with Crippen LogP contribution in [0.25, 0.3) is 0 Å². The third-order valence-corrected chi connectivity index (χ3v) is 2.64. The molecule has 0 saturated heterocycles. The highest BCUT2D eigenvalue weighted by Crippen LogP contribution is 2.12. The number of nitrogen functional groups attached to an aromatic ring is 1. The van der Waals surface area contributed by atoms with Crippen LogP contribution in [0.15, 0.2) is 24.3 Å². The third kappa shape index (κ3) is 6.44. The summed E-state index contributed by atoms with van der Waals surface area (Å²) in [7, 11) is 0. The van der Waals surface area contributed by atoms with Gasteiger partial charge in [0.15, 0.2) is 0 Å². The number of halogens is 2. The summed E-state index contributed by atoms with van der Waals surface area (Å²) in [6, 6.07) is 6.71. The van der Waals surface area contributed by atoms with Crippen LogP contribution in [0.4, 0.5) is 20.2 Å². The molecule has 1 rings (SSSR count). The normalized spacial score (nSPS) is 11.1. The highest BCUT2D eigenvalue weighted by atomic mass is 19.3. The summed E-state index contributed by atoms with van der Waals surface area (Å²) in [6.07, 6.45) is -2.42. The molecule has 1 aromatic carbocycles. The Morgan fingerprint density at radius 1 is 1.40 bits per heavy atom. The van der Waals surface area contributed by atoms with Crippen molar-refractivity contribution in [3.63, 3.8) is 0 Å². The van der Waals surface area contributed by atoms with Crippen LogP contribution in [0.2, 0.25) is 0 Å². The summed E-state index contributed by atoms with van der Waals surface area (Å²) >= 11 is 0. The van der Waals surface area contributed by atoms with E-state index in [9.17, 15) is 13.6 Å². The quantitative estimate of drug-likeness (QED) is 0.627. The maximum absolute atomic E-state index is 12.3. The van der Waals surface area contributed by atoms with Gasteiger partial charge in [0.1, 0.15) is 0 Å². The number of carbonyl (C=O) groups is 1. The molecule has 0 atom stereocenters. The van der Waals surface area contributed by atoms with E-state index in [4.69, 9.17) is 10.8 Å². The van der Waals surface area contributed by atoms with Gasteiger partial charge >= 0.3 is 0 Å². The number of carbonyl (C=O) groups excluding carboxylic acids is 1. The van der Waals surface area contributed by atoms with Gasteiger partial charge in [-0.15, -0.1) is 0 Å². The van der Waals surface area contributed by atoms with Gasteiger partial charge in [0.05, 0.1) is 13.2 Å². The van der Waals surface area contributed by atoms with Crippen molar-refractivity contribution < 1.29 is 18.7 Å². The molecule has 0 heterocycles. The lowest BCUT2D eigenvalue weighted by molar-refractivity contribution is -0.116. The van der Waals surface area contributed by atoms with E-state index in [1.54, 1.807) is 24.3 Å². The number of aliphatic hydroxyl groups excluding tert-OH is 1. The first kappa shape index (κ1) is 16.3. The zero-order chi connectivity index (χ0) is 15.0. The van der Waals surface area contributed by atoms with Gasteiger partial charge in [0.25, 0.3) is 6.43 Å². The number of amides is 1. The molecule has 0 spiro atoms. The van der Waals surface area contributed by atoms with Gasteiger partial charge in [0.2, 0.25) is 5.91 Å². The Balaban J connectivity index is 2.41. The van der Waals surface area contributed by atoms with E-state index in [-0.39, 0.29) is 32.0 Å². The minimum Gasteiger partial charge on any atom is -0.399 e. The van der Waals surface area contributed by atoms with Crippen molar-refractivity contribution in [1.82, 2.24) is 4.90 Å². The van der Waals surface area contributed by atoms with Gasteiger partial charge in [-0.1, -0.05) is 6.07 Å². The smallest absolute Gasteiger partial charge is 0.251 e. The van der Waals surface area contributed by atoms with Crippen LogP contribution in [0.5, 0.6) is 0 Å². The van der Waals surface area contributed by atoms with Gasteiger partial charge in [0, 0.05) is 30.9 Å². The number of aliphatic hydroxyl groups is 1. The van der Waals surface area contributed by atoms with Crippen molar-refractivity contribution in [2.75, 3.05) is 37.3 Å². The van der Waals surface area contributed by atoms with E-state index in [1.807, 2.05) is 0 Å². The molecule has 0 aliphatic heterocycles. The first-order chi connectivity index (χ1) is 9.51. The number of rotatable bonds is 8.